The van der Waals surface area contributed by atoms with Gasteiger partial charge in [0.1, 0.15) is 5.82 Å². The van der Waals surface area contributed by atoms with E-state index in [1.165, 1.54) is 18.9 Å². The molecule has 7 heteroatoms. The van der Waals surface area contributed by atoms with Crippen LogP contribution in [0.5, 0.6) is 0 Å². The standard InChI is InChI=1S/C17H20ClN3O2S/c1-13-10-15(18)4-5-16(13)24(22,23)20-12-14-6-7-19-17(11-14)21-8-2-3-9-21/h4-7,10-11,20H,2-3,8-9,12H2,1H3. The van der Waals surface area contributed by atoms with E-state index in [9.17, 15) is 8.42 Å². The van der Waals surface area contributed by atoms with Gasteiger partial charge in [-0.1, -0.05) is 11.6 Å². The van der Waals surface area contributed by atoms with Gasteiger partial charge in [-0.05, 0) is 61.2 Å². The lowest BCUT2D eigenvalue weighted by Crippen LogP contribution is -2.24. The SMILES string of the molecule is Cc1cc(Cl)ccc1S(=O)(=O)NCc1ccnc(N2CCCC2)c1. The molecule has 0 amide bonds. The number of sulfonamides is 1. The first kappa shape index (κ1) is 17.2. The van der Waals surface area contributed by atoms with E-state index in [4.69, 9.17) is 11.6 Å². The minimum atomic E-state index is -3.58. The molecule has 2 heterocycles. The molecule has 2 aromatic rings. The fourth-order valence-electron chi connectivity index (χ4n) is 2.86. The molecule has 1 aliphatic heterocycles. The quantitative estimate of drug-likeness (QED) is 0.884. The van der Waals surface area contributed by atoms with Gasteiger partial charge in [0.05, 0.1) is 4.90 Å². The highest BCUT2D eigenvalue weighted by Gasteiger charge is 2.17. The molecule has 0 radical (unpaired) electrons. The number of pyridine rings is 1. The largest absolute Gasteiger partial charge is 0.357 e. The number of aryl methyl sites for hydroxylation is 1. The lowest BCUT2D eigenvalue weighted by atomic mass is 10.2. The van der Waals surface area contributed by atoms with Crippen molar-refractivity contribution in [3.05, 3.63) is 52.7 Å². The van der Waals surface area contributed by atoms with Crippen LogP contribution < -0.4 is 9.62 Å². The maximum atomic E-state index is 12.5. The Labute approximate surface area is 147 Å². The number of rotatable bonds is 5. The van der Waals surface area contributed by atoms with Crippen LogP contribution >= 0.6 is 11.6 Å². The van der Waals surface area contributed by atoms with Gasteiger partial charge in [-0.3, -0.25) is 0 Å². The van der Waals surface area contributed by atoms with Crippen molar-refractivity contribution in [3.8, 4) is 0 Å². The number of nitrogens with zero attached hydrogens (tertiary/aromatic N) is 2. The zero-order valence-electron chi connectivity index (χ0n) is 13.5. The molecule has 1 aromatic heterocycles. The summed E-state index contributed by atoms with van der Waals surface area (Å²) in [7, 11) is -3.58. The smallest absolute Gasteiger partial charge is 0.241 e. The molecule has 0 aliphatic carbocycles. The van der Waals surface area contributed by atoms with E-state index in [0.29, 0.717) is 10.6 Å². The average molecular weight is 366 g/mol. The first-order valence-corrected chi connectivity index (χ1v) is 9.77. The van der Waals surface area contributed by atoms with E-state index in [0.717, 1.165) is 24.5 Å². The van der Waals surface area contributed by atoms with Crippen molar-refractivity contribution < 1.29 is 8.42 Å². The highest BCUT2D eigenvalue weighted by atomic mass is 35.5. The van der Waals surface area contributed by atoms with Crippen molar-refractivity contribution in [1.82, 2.24) is 9.71 Å². The predicted octanol–water partition coefficient (Wildman–Crippen LogP) is 3.12. The lowest BCUT2D eigenvalue weighted by Gasteiger charge is -2.17. The second-order valence-electron chi connectivity index (χ2n) is 5.95. The number of hydrogen-bond acceptors (Lipinski definition) is 4. The molecule has 1 aromatic carbocycles. The van der Waals surface area contributed by atoms with Crippen LogP contribution in [0.3, 0.4) is 0 Å². The van der Waals surface area contributed by atoms with Crippen LogP contribution in [0.15, 0.2) is 41.4 Å². The summed E-state index contributed by atoms with van der Waals surface area (Å²) in [5, 5.41) is 0.524. The zero-order chi connectivity index (χ0) is 17.2. The van der Waals surface area contributed by atoms with Crippen molar-refractivity contribution >= 4 is 27.4 Å². The van der Waals surface area contributed by atoms with Gasteiger partial charge in [-0.25, -0.2) is 18.1 Å². The summed E-state index contributed by atoms with van der Waals surface area (Å²) in [6.45, 7) is 3.98. The Morgan fingerprint density at radius 1 is 1.21 bits per heavy atom. The summed E-state index contributed by atoms with van der Waals surface area (Å²) in [4.78, 5) is 6.86. The Morgan fingerprint density at radius 2 is 1.96 bits per heavy atom. The fraction of sp³-hybridized carbons (Fsp3) is 0.353. The van der Waals surface area contributed by atoms with E-state index < -0.39 is 10.0 Å². The summed E-state index contributed by atoms with van der Waals surface area (Å²) in [5.41, 5.74) is 1.52. The Hall–Kier alpha value is -1.63. The van der Waals surface area contributed by atoms with Gasteiger partial charge in [0.15, 0.2) is 0 Å². The topological polar surface area (TPSA) is 62.3 Å². The summed E-state index contributed by atoms with van der Waals surface area (Å²) in [5.74, 6) is 0.909. The minimum Gasteiger partial charge on any atom is -0.357 e. The van der Waals surface area contributed by atoms with Gasteiger partial charge in [-0.15, -0.1) is 0 Å². The molecule has 5 nitrogen and oxygen atoms in total. The molecule has 0 atom stereocenters. The van der Waals surface area contributed by atoms with Crippen LogP contribution in [0.1, 0.15) is 24.0 Å². The molecule has 24 heavy (non-hydrogen) atoms. The summed E-state index contributed by atoms with van der Waals surface area (Å²) >= 11 is 5.89. The van der Waals surface area contributed by atoms with Crippen molar-refractivity contribution in [1.29, 1.82) is 0 Å². The number of hydrogen-bond donors (Lipinski definition) is 1. The van der Waals surface area contributed by atoms with Crippen molar-refractivity contribution in [2.24, 2.45) is 0 Å². The van der Waals surface area contributed by atoms with E-state index >= 15 is 0 Å². The highest BCUT2D eigenvalue weighted by Crippen LogP contribution is 2.21. The molecular formula is C17H20ClN3O2S. The van der Waals surface area contributed by atoms with Gasteiger partial charge in [0.25, 0.3) is 0 Å². The number of benzene rings is 1. The Morgan fingerprint density at radius 3 is 2.67 bits per heavy atom. The van der Waals surface area contributed by atoms with Gasteiger partial charge in [0.2, 0.25) is 10.0 Å². The number of halogens is 1. The number of aromatic nitrogens is 1. The third-order valence-electron chi connectivity index (χ3n) is 4.13. The van der Waals surface area contributed by atoms with Crippen LogP contribution in [0.4, 0.5) is 5.82 Å². The monoisotopic (exact) mass is 365 g/mol. The van der Waals surface area contributed by atoms with Crippen LogP contribution in [0, 0.1) is 6.92 Å². The van der Waals surface area contributed by atoms with E-state index in [1.54, 1.807) is 25.3 Å². The molecule has 0 bridgehead atoms. The second kappa shape index (κ2) is 7.09. The van der Waals surface area contributed by atoms with Gasteiger partial charge in [0, 0.05) is 30.9 Å². The first-order chi connectivity index (χ1) is 11.5. The first-order valence-electron chi connectivity index (χ1n) is 7.91. The number of nitrogens with one attached hydrogen (secondary N) is 1. The van der Waals surface area contributed by atoms with Crippen molar-refractivity contribution in [2.45, 2.75) is 31.2 Å². The van der Waals surface area contributed by atoms with Crippen LogP contribution in [0.25, 0.3) is 0 Å². The Kier molecular flexibility index (Phi) is 5.08. The van der Waals surface area contributed by atoms with Crippen molar-refractivity contribution in [2.75, 3.05) is 18.0 Å². The highest BCUT2D eigenvalue weighted by molar-refractivity contribution is 7.89. The van der Waals surface area contributed by atoms with Crippen molar-refractivity contribution in [3.63, 3.8) is 0 Å². The molecule has 128 valence electrons. The zero-order valence-corrected chi connectivity index (χ0v) is 15.1. The second-order valence-corrected chi connectivity index (χ2v) is 8.12. The van der Waals surface area contributed by atoms with E-state index in [-0.39, 0.29) is 11.4 Å². The molecule has 1 aliphatic rings. The van der Waals surface area contributed by atoms with Crippen LogP contribution in [-0.4, -0.2) is 26.5 Å². The molecule has 1 saturated heterocycles. The number of anilines is 1. The Bertz CT molecular complexity index is 833. The van der Waals surface area contributed by atoms with Gasteiger partial charge >= 0.3 is 0 Å². The summed E-state index contributed by atoms with van der Waals surface area (Å²) in [6, 6.07) is 8.54. The van der Waals surface area contributed by atoms with Crippen LogP contribution in [0.2, 0.25) is 5.02 Å². The predicted molar refractivity (Wildman–Crippen MR) is 95.9 cm³/mol. The summed E-state index contributed by atoms with van der Waals surface area (Å²) < 4.78 is 27.6. The molecule has 0 unspecified atom stereocenters. The fourth-order valence-corrected chi connectivity index (χ4v) is 4.33. The third-order valence-corrected chi connectivity index (χ3v) is 5.93. The molecular weight excluding hydrogens is 346 g/mol. The lowest BCUT2D eigenvalue weighted by molar-refractivity contribution is 0.580. The maximum Gasteiger partial charge on any atom is 0.241 e. The third kappa shape index (κ3) is 3.88. The molecule has 0 spiro atoms. The Balaban J connectivity index is 1.73. The van der Waals surface area contributed by atoms with Crippen LogP contribution in [-0.2, 0) is 16.6 Å². The molecule has 1 N–H and O–H groups in total. The van der Waals surface area contributed by atoms with E-state index in [1.807, 2.05) is 12.1 Å². The van der Waals surface area contributed by atoms with Gasteiger partial charge < -0.3 is 4.90 Å². The van der Waals surface area contributed by atoms with Gasteiger partial charge in [-0.2, -0.15) is 0 Å². The van der Waals surface area contributed by atoms with E-state index in [2.05, 4.69) is 14.6 Å². The minimum absolute atomic E-state index is 0.230. The average Bonchev–Trinajstić information content (AvgIpc) is 3.07. The maximum absolute atomic E-state index is 12.5. The summed E-state index contributed by atoms with van der Waals surface area (Å²) in [6.07, 6.45) is 4.08. The normalized spacial score (nSPS) is 15.0. The molecule has 3 rings (SSSR count). The molecule has 1 fully saturated rings. The molecule has 0 saturated carbocycles.